The first-order valence-electron chi connectivity index (χ1n) is 5.64. The normalized spacial score (nSPS) is 13.9. The molecular weight excluding hydrogens is 275 g/mol. The third-order valence-corrected chi connectivity index (χ3v) is 2.58. The second kappa shape index (κ2) is 5.77. The lowest BCUT2D eigenvalue weighted by Gasteiger charge is -2.05. The molecule has 0 aliphatic heterocycles. The molecule has 0 spiro atoms. The number of rotatable bonds is 1. The van der Waals surface area contributed by atoms with E-state index in [1.807, 2.05) is 13.0 Å². The number of anilines is 1. The molecule has 5 nitrogen and oxygen atoms in total. The van der Waals surface area contributed by atoms with Crippen LogP contribution in [0.25, 0.3) is 0 Å². The Bertz CT molecular complexity index is 560. The van der Waals surface area contributed by atoms with Gasteiger partial charge in [-0.1, -0.05) is 0 Å². The number of nitrogens with two attached hydrogens (primary N) is 1. The summed E-state index contributed by atoms with van der Waals surface area (Å²) in [5.74, 6) is -1.82. The summed E-state index contributed by atoms with van der Waals surface area (Å²) in [5, 5.41) is 16.0. The van der Waals surface area contributed by atoms with E-state index in [0.717, 1.165) is 11.3 Å². The highest BCUT2D eigenvalue weighted by atomic mass is 19.4. The summed E-state index contributed by atoms with van der Waals surface area (Å²) in [7, 11) is 0. The standard InChI is InChI=1S/C10H11N3.C2HF3O2/c1-6-4-8(7-2-3-7)9(5-11)10(12)13-6;3-2(4,5)1(6)7/h4,7H,2-3H2,1H3,(H2,12,13);(H,6,7). The highest BCUT2D eigenvalue weighted by Gasteiger charge is 2.38. The number of alkyl halides is 3. The van der Waals surface area contributed by atoms with E-state index < -0.39 is 12.1 Å². The van der Waals surface area contributed by atoms with Crippen molar-refractivity contribution in [2.45, 2.75) is 31.9 Å². The van der Waals surface area contributed by atoms with Gasteiger partial charge < -0.3 is 10.8 Å². The molecule has 0 aromatic carbocycles. The Balaban J connectivity index is 0.000000246. The van der Waals surface area contributed by atoms with Crippen LogP contribution in [0.5, 0.6) is 0 Å². The number of carboxylic acids is 1. The van der Waals surface area contributed by atoms with E-state index in [1.165, 1.54) is 12.8 Å². The Morgan fingerprint density at radius 2 is 2.05 bits per heavy atom. The van der Waals surface area contributed by atoms with Gasteiger partial charge >= 0.3 is 12.1 Å². The molecule has 0 amide bonds. The van der Waals surface area contributed by atoms with Gasteiger partial charge in [-0.25, -0.2) is 9.78 Å². The summed E-state index contributed by atoms with van der Waals surface area (Å²) in [6, 6.07) is 4.10. The number of aliphatic carboxylic acids is 1. The molecule has 3 N–H and O–H groups in total. The fourth-order valence-corrected chi connectivity index (χ4v) is 1.56. The fourth-order valence-electron chi connectivity index (χ4n) is 1.56. The van der Waals surface area contributed by atoms with Gasteiger partial charge in [0.1, 0.15) is 11.9 Å². The predicted octanol–water partition coefficient (Wildman–Crippen LogP) is 2.35. The second-order valence-corrected chi connectivity index (χ2v) is 4.30. The molecule has 0 unspecified atom stereocenters. The lowest BCUT2D eigenvalue weighted by molar-refractivity contribution is -0.192. The Hall–Kier alpha value is -2.30. The smallest absolute Gasteiger partial charge is 0.475 e. The number of hydrogen-bond donors (Lipinski definition) is 2. The number of halogens is 3. The van der Waals surface area contributed by atoms with Crippen LogP contribution in [-0.2, 0) is 4.79 Å². The maximum atomic E-state index is 10.6. The molecule has 0 bridgehead atoms. The van der Waals surface area contributed by atoms with E-state index in [-0.39, 0.29) is 0 Å². The summed E-state index contributed by atoms with van der Waals surface area (Å²) in [4.78, 5) is 13.0. The van der Waals surface area contributed by atoms with Gasteiger partial charge in [0.2, 0.25) is 0 Å². The number of nitriles is 1. The van der Waals surface area contributed by atoms with Crippen LogP contribution in [0.15, 0.2) is 6.07 Å². The molecule has 1 aromatic rings. The van der Waals surface area contributed by atoms with E-state index in [9.17, 15) is 13.2 Å². The van der Waals surface area contributed by atoms with Crippen LogP contribution in [-0.4, -0.2) is 22.2 Å². The fraction of sp³-hybridized carbons (Fsp3) is 0.417. The van der Waals surface area contributed by atoms with Gasteiger partial charge in [-0.15, -0.1) is 0 Å². The molecule has 1 aliphatic rings. The van der Waals surface area contributed by atoms with Crippen LogP contribution < -0.4 is 5.73 Å². The van der Waals surface area contributed by atoms with Crippen LogP contribution >= 0.6 is 0 Å². The summed E-state index contributed by atoms with van der Waals surface area (Å²) >= 11 is 0. The number of pyridine rings is 1. The van der Waals surface area contributed by atoms with Crippen LogP contribution in [0.2, 0.25) is 0 Å². The third-order valence-electron chi connectivity index (χ3n) is 2.58. The average molecular weight is 287 g/mol. The lowest BCUT2D eigenvalue weighted by atomic mass is 10.0. The van der Waals surface area contributed by atoms with Gasteiger partial charge in [-0.2, -0.15) is 18.4 Å². The van der Waals surface area contributed by atoms with Crippen molar-refractivity contribution in [3.63, 3.8) is 0 Å². The van der Waals surface area contributed by atoms with Gasteiger partial charge in [0, 0.05) is 5.69 Å². The Kier molecular flexibility index (Phi) is 4.55. The molecule has 20 heavy (non-hydrogen) atoms. The van der Waals surface area contributed by atoms with Crippen molar-refractivity contribution in [1.29, 1.82) is 5.26 Å². The molecular formula is C12H12F3N3O2. The average Bonchev–Trinajstić information content (AvgIpc) is 3.11. The summed E-state index contributed by atoms with van der Waals surface area (Å²) < 4.78 is 31.7. The first-order chi connectivity index (χ1) is 9.16. The molecule has 1 saturated carbocycles. The summed E-state index contributed by atoms with van der Waals surface area (Å²) in [6.07, 6.45) is -2.73. The Morgan fingerprint density at radius 1 is 1.55 bits per heavy atom. The highest BCUT2D eigenvalue weighted by molar-refractivity contribution is 5.73. The monoisotopic (exact) mass is 287 g/mol. The number of carbonyl (C=O) groups is 1. The Morgan fingerprint density at radius 3 is 2.40 bits per heavy atom. The summed E-state index contributed by atoms with van der Waals surface area (Å²) in [5.41, 5.74) is 8.23. The molecule has 1 aliphatic carbocycles. The van der Waals surface area contributed by atoms with Gasteiger partial charge in [0.25, 0.3) is 0 Å². The second-order valence-electron chi connectivity index (χ2n) is 4.30. The molecule has 1 aromatic heterocycles. The molecule has 0 radical (unpaired) electrons. The quantitative estimate of drug-likeness (QED) is 0.825. The zero-order valence-corrected chi connectivity index (χ0v) is 10.5. The zero-order valence-electron chi connectivity index (χ0n) is 10.5. The minimum Gasteiger partial charge on any atom is -0.475 e. The van der Waals surface area contributed by atoms with Gasteiger partial charge in [0.05, 0.1) is 5.56 Å². The number of nitrogen functional groups attached to an aromatic ring is 1. The van der Waals surface area contributed by atoms with Crippen molar-refractivity contribution >= 4 is 11.8 Å². The lowest BCUT2D eigenvalue weighted by Crippen LogP contribution is -2.21. The topological polar surface area (TPSA) is 100 Å². The molecule has 0 saturated heterocycles. The van der Waals surface area contributed by atoms with Crippen LogP contribution in [0, 0.1) is 18.3 Å². The minimum atomic E-state index is -5.08. The number of aromatic nitrogens is 1. The van der Waals surface area contributed by atoms with E-state index >= 15 is 0 Å². The maximum Gasteiger partial charge on any atom is 0.490 e. The van der Waals surface area contributed by atoms with Crippen molar-refractivity contribution in [2.24, 2.45) is 0 Å². The molecule has 1 fully saturated rings. The number of nitrogens with zero attached hydrogens (tertiary/aromatic N) is 2. The van der Waals surface area contributed by atoms with E-state index in [1.54, 1.807) is 0 Å². The molecule has 1 heterocycles. The first kappa shape index (κ1) is 15.8. The highest BCUT2D eigenvalue weighted by Crippen LogP contribution is 2.42. The van der Waals surface area contributed by atoms with E-state index in [2.05, 4.69) is 11.1 Å². The minimum absolute atomic E-state index is 0.379. The zero-order chi connectivity index (χ0) is 15.5. The van der Waals surface area contributed by atoms with Crippen LogP contribution in [0.4, 0.5) is 19.0 Å². The van der Waals surface area contributed by atoms with Crippen molar-refractivity contribution in [3.05, 3.63) is 22.9 Å². The largest absolute Gasteiger partial charge is 0.490 e. The Labute approximate surface area is 112 Å². The number of hydrogen-bond acceptors (Lipinski definition) is 4. The molecule has 108 valence electrons. The van der Waals surface area contributed by atoms with Crippen LogP contribution in [0.3, 0.4) is 0 Å². The van der Waals surface area contributed by atoms with Gasteiger partial charge in [0.15, 0.2) is 0 Å². The number of aryl methyl sites for hydroxylation is 1. The summed E-state index contributed by atoms with van der Waals surface area (Å²) in [6.45, 7) is 1.91. The SMILES string of the molecule is Cc1cc(C2CC2)c(C#N)c(N)n1.O=C(O)C(F)(F)F. The van der Waals surface area contributed by atoms with E-state index in [4.69, 9.17) is 20.9 Å². The van der Waals surface area contributed by atoms with Crippen molar-refractivity contribution in [2.75, 3.05) is 5.73 Å². The maximum absolute atomic E-state index is 10.6. The van der Waals surface area contributed by atoms with Crippen LogP contribution in [0.1, 0.15) is 35.6 Å². The van der Waals surface area contributed by atoms with Gasteiger partial charge in [-0.3, -0.25) is 0 Å². The predicted molar refractivity (Wildman–Crippen MR) is 63.8 cm³/mol. The molecule has 2 rings (SSSR count). The van der Waals surface area contributed by atoms with Crippen molar-refractivity contribution < 1.29 is 23.1 Å². The molecule has 0 atom stereocenters. The van der Waals surface area contributed by atoms with Gasteiger partial charge in [-0.05, 0) is 37.3 Å². The molecule has 8 heteroatoms. The number of carboxylic acid groups (broad SMARTS) is 1. The first-order valence-corrected chi connectivity index (χ1v) is 5.64. The van der Waals surface area contributed by atoms with Crippen molar-refractivity contribution in [1.82, 2.24) is 4.98 Å². The van der Waals surface area contributed by atoms with E-state index in [0.29, 0.717) is 17.3 Å². The van der Waals surface area contributed by atoms with Crippen molar-refractivity contribution in [3.8, 4) is 6.07 Å². The third kappa shape index (κ3) is 4.12.